The van der Waals surface area contributed by atoms with Gasteiger partial charge in [-0.2, -0.15) is 0 Å². The fourth-order valence-electron chi connectivity index (χ4n) is 1.95. The molecular formula is C14H21N3O4. The van der Waals surface area contributed by atoms with E-state index in [0.29, 0.717) is 19.1 Å². The zero-order valence-corrected chi connectivity index (χ0v) is 12.5. The van der Waals surface area contributed by atoms with Crippen LogP contribution in [-0.2, 0) is 0 Å². The van der Waals surface area contributed by atoms with E-state index in [1.807, 2.05) is 7.05 Å². The lowest BCUT2D eigenvalue weighted by Gasteiger charge is -2.23. The molecule has 0 radical (unpaired) electrons. The van der Waals surface area contributed by atoms with Crippen LogP contribution in [0.5, 0.6) is 0 Å². The Morgan fingerprint density at radius 2 is 2.19 bits per heavy atom. The quantitative estimate of drug-likeness (QED) is 0.565. The molecule has 2 N–H and O–H groups in total. The van der Waals surface area contributed by atoms with Crippen LogP contribution in [0.15, 0.2) is 18.2 Å². The summed E-state index contributed by atoms with van der Waals surface area (Å²) in [6, 6.07) is 4.43. The van der Waals surface area contributed by atoms with Crippen LogP contribution >= 0.6 is 0 Å². The predicted octanol–water partition coefficient (Wildman–Crippen LogP) is 2.44. The number of rotatable bonds is 8. The third-order valence-corrected chi connectivity index (χ3v) is 3.58. The summed E-state index contributed by atoms with van der Waals surface area (Å²) >= 11 is 0. The fraction of sp³-hybridized carbons (Fsp3) is 0.500. The zero-order chi connectivity index (χ0) is 16.0. The van der Waals surface area contributed by atoms with Crippen LogP contribution in [0.2, 0.25) is 0 Å². The Hall–Kier alpha value is -2.15. The molecule has 0 spiro atoms. The molecule has 0 saturated heterocycles. The average Bonchev–Trinajstić information content (AvgIpc) is 2.45. The number of benzene rings is 1. The largest absolute Gasteiger partial charge is 0.478 e. The fourth-order valence-corrected chi connectivity index (χ4v) is 1.95. The summed E-state index contributed by atoms with van der Waals surface area (Å²) < 4.78 is 0. The van der Waals surface area contributed by atoms with Gasteiger partial charge in [0.05, 0.1) is 10.5 Å². The van der Waals surface area contributed by atoms with Crippen molar-refractivity contribution in [2.45, 2.75) is 26.3 Å². The van der Waals surface area contributed by atoms with E-state index in [9.17, 15) is 14.9 Å². The second-order valence-electron chi connectivity index (χ2n) is 4.93. The third kappa shape index (κ3) is 4.42. The molecule has 0 amide bonds. The molecule has 0 fully saturated rings. The first-order valence-corrected chi connectivity index (χ1v) is 6.83. The highest BCUT2D eigenvalue weighted by Crippen LogP contribution is 2.28. The molecule has 0 aromatic heterocycles. The van der Waals surface area contributed by atoms with Crippen LogP contribution in [0.25, 0.3) is 0 Å². The molecule has 1 aromatic carbocycles. The molecule has 0 aliphatic heterocycles. The molecule has 1 unspecified atom stereocenters. The maximum atomic E-state index is 11.2. The molecule has 0 aliphatic carbocycles. The Morgan fingerprint density at radius 3 is 2.71 bits per heavy atom. The van der Waals surface area contributed by atoms with Gasteiger partial charge < -0.3 is 15.3 Å². The number of aromatic carboxylic acids is 1. The first-order valence-electron chi connectivity index (χ1n) is 6.83. The van der Waals surface area contributed by atoms with Crippen molar-refractivity contribution >= 4 is 17.3 Å². The van der Waals surface area contributed by atoms with E-state index in [1.54, 1.807) is 0 Å². The van der Waals surface area contributed by atoms with Crippen molar-refractivity contribution in [3.8, 4) is 0 Å². The molecule has 21 heavy (non-hydrogen) atoms. The maximum Gasteiger partial charge on any atom is 0.338 e. The molecular weight excluding hydrogens is 274 g/mol. The van der Waals surface area contributed by atoms with Crippen LogP contribution in [0.4, 0.5) is 11.4 Å². The zero-order valence-electron chi connectivity index (χ0n) is 12.5. The van der Waals surface area contributed by atoms with E-state index in [2.05, 4.69) is 24.1 Å². The number of hydrogen-bond acceptors (Lipinski definition) is 5. The monoisotopic (exact) mass is 295 g/mol. The van der Waals surface area contributed by atoms with Gasteiger partial charge in [-0.25, -0.2) is 4.79 Å². The Morgan fingerprint density at radius 1 is 1.52 bits per heavy atom. The molecule has 0 heterocycles. The summed E-state index contributed by atoms with van der Waals surface area (Å²) in [7, 11) is 1.97. The summed E-state index contributed by atoms with van der Waals surface area (Å²) in [5.74, 6) is -1.18. The highest BCUT2D eigenvalue weighted by molar-refractivity contribution is 5.96. The maximum absolute atomic E-state index is 11.2. The first-order chi connectivity index (χ1) is 9.88. The third-order valence-electron chi connectivity index (χ3n) is 3.58. The van der Waals surface area contributed by atoms with Crippen molar-refractivity contribution in [3.05, 3.63) is 33.9 Å². The SMILES string of the molecule is CCC(C)N(C)CCNc1c(C(=O)O)cccc1[N+](=O)[O-]. The molecule has 1 aromatic rings. The van der Waals surface area contributed by atoms with Crippen molar-refractivity contribution in [3.63, 3.8) is 0 Å². The average molecular weight is 295 g/mol. The Bertz CT molecular complexity index is 487. The normalized spacial score (nSPS) is 12.2. The highest BCUT2D eigenvalue weighted by atomic mass is 16.6. The summed E-state index contributed by atoms with van der Waals surface area (Å²) in [6.45, 7) is 5.28. The molecule has 7 heteroatoms. The van der Waals surface area contributed by atoms with Gasteiger partial charge in [0.1, 0.15) is 5.69 Å². The Kier molecular flexibility index (Phi) is 6.10. The number of nitro groups is 1. The van der Waals surface area contributed by atoms with Crippen molar-refractivity contribution in [1.29, 1.82) is 0 Å². The van der Waals surface area contributed by atoms with Crippen molar-refractivity contribution < 1.29 is 14.8 Å². The number of carbonyl (C=O) groups is 1. The smallest absolute Gasteiger partial charge is 0.338 e. The van der Waals surface area contributed by atoms with E-state index >= 15 is 0 Å². The number of nitro benzene ring substituents is 1. The molecule has 1 atom stereocenters. The van der Waals surface area contributed by atoms with Crippen LogP contribution in [0.3, 0.4) is 0 Å². The van der Waals surface area contributed by atoms with Gasteiger partial charge in [-0.15, -0.1) is 0 Å². The molecule has 0 aliphatic rings. The standard InChI is InChI=1S/C14H21N3O4/c1-4-10(2)16(3)9-8-15-13-11(14(18)19)6-5-7-12(13)17(20)21/h5-7,10,15H,4,8-9H2,1-3H3,(H,18,19). The van der Waals surface area contributed by atoms with Gasteiger partial charge in [0.25, 0.3) is 5.69 Å². The topological polar surface area (TPSA) is 95.7 Å². The molecule has 0 bridgehead atoms. The second-order valence-corrected chi connectivity index (χ2v) is 4.93. The van der Waals surface area contributed by atoms with Gasteiger partial charge in [0, 0.05) is 25.2 Å². The summed E-state index contributed by atoms with van der Waals surface area (Å²) in [5, 5.41) is 23.0. The van der Waals surface area contributed by atoms with Crippen molar-refractivity contribution in [2.75, 3.05) is 25.5 Å². The number of carboxylic acids is 1. The van der Waals surface area contributed by atoms with Crippen LogP contribution in [0.1, 0.15) is 30.6 Å². The van der Waals surface area contributed by atoms with Crippen LogP contribution in [0, 0.1) is 10.1 Å². The summed E-state index contributed by atoms with van der Waals surface area (Å²) in [6.07, 6.45) is 1.00. The van der Waals surface area contributed by atoms with Crippen molar-refractivity contribution in [2.24, 2.45) is 0 Å². The summed E-state index contributed by atoms with van der Waals surface area (Å²) in [5.41, 5.74) is -0.246. The number of para-hydroxylation sites is 1. The number of hydrogen-bond donors (Lipinski definition) is 2. The number of nitrogens with one attached hydrogen (secondary N) is 1. The number of anilines is 1. The minimum atomic E-state index is -1.18. The van der Waals surface area contributed by atoms with Gasteiger partial charge in [0.15, 0.2) is 0 Å². The lowest BCUT2D eigenvalue weighted by Crippen LogP contribution is -2.33. The van der Waals surface area contributed by atoms with Gasteiger partial charge in [0.2, 0.25) is 0 Å². The van der Waals surface area contributed by atoms with Crippen molar-refractivity contribution in [1.82, 2.24) is 4.90 Å². The van der Waals surface area contributed by atoms with E-state index < -0.39 is 10.9 Å². The molecule has 1 rings (SSSR count). The van der Waals surface area contributed by atoms with Gasteiger partial charge in [-0.05, 0) is 26.5 Å². The van der Waals surface area contributed by atoms with Gasteiger partial charge in [-0.3, -0.25) is 10.1 Å². The second kappa shape index (κ2) is 7.58. The van der Waals surface area contributed by atoms with E-state index in [-0.39, 0.29) is 16.9 Å². The molecule has 7 nitrogen and oxygen atoms in total. The Labute approximate surface area is 123 Å². The first kappa shape index (κ1) is 16.9. The van der Waals surface area contributed by atoms with Crippen LogP contribution < -0.4 is 5.32 Å². The van der Waals surface area contributed by atoms with Gasteiger partial charge >= 0.3 is 5.97 Å². The van der Waals surface area contributed by atoms with Gasteiger partial charge in [-0.1, -0.05) is 13.0 Å². The number of likely N-dealkylation sites (N-methyl/N-ethyl adjacent to an activating group) is 1. The van der Waals surface area contributed by atoms with E-state index in [4.69, 9.17) is 5.11 Å². The minimum Gasteiger partial charge on any atom is -0.478 e. The number of nitrogens with zero attached hydrogens (tertiary/aromatic N) is 2. The lowest BCUT2D eigenvalue weighted by molar-refractivity contribution is -0.384. The minimum absolute atomic E-state index is 0.0625. The summed E-state index contributed by atoms with van der Waals surface area (Å²) in [4.78, 5) is 23.7. The predicted molar refractivity (Wildman–Crippen MR) is 80.9 cm³/mol. The molecule has 0 saturated carbocycles. The van der Waals surface area contributed by atoms with Crippen LogP contribution in [-0.4, -0.2) is 47.1 Å². The van der Waals surface area contributed by atoms with E-state index in [0.717, 1.165) is 6.42 Å². The van der Waals surface area contributed by atoms with E-state index in [1.165, 1.54) is 18.2 Å². The number of carboxylic acid groups (broad SMARTS) is 1. The Balaban J connectivity index is 2.86. The molecule has 116 valence electrons. The lowest BCUT2D eigenvalue weighted by atomic mass is 10.1. The highest BCUT2D eigenvalue weighted by Gasteiger charge is 2.21.